The average Bonchev–Trinajstić information content (AvgIpc) is 2.32. The lowest BCUT2D eigenvalue weighted by Crippen LogP contribution is -2.52. The van der Waals surface area contributed by atoms with Crippen LogP contribution in [0.4, 0.5) is 4.39 Å². The van der Waals surface area contributed by atoms with E-state index in [2.05, 4.69) is 10.6 Å². The third kappa shape index (κ3) is 2.82. The number of hydrogen-bond acceptors (Lipinski definition) is 2. The van der Waals surface area contributed by atoms with Crippen LogP contribution >= 0.6 is 0 Å². The molecule has 2 N–H and O–H groups in total. The molecule has 0 spiro atoms. The highest BCUT2D eigenvalue weighted by molar-refractivity contribution is 5.94. The van der Waals surface area contributed by atoms with Gasteiger partial charge in [-0.15, -0.1) is 0 Å². The summed E-state index contributed by atoms with van der Waals surface area (Å²) in [4.78, 5) is 11.9. The molecule has 1 heterocycles. The van der Waals surface area contributed by atoms with E-state index in [0.29, 0.717) is 0 Å². The van der Waals surface area contributed by atoms with Gasteiger partial charge in [-0.1, -0.05) is 12.1 Å². The van der Waals surface area contributed by atoms with E-state index in [1.807, 2.05) is 6.92 Å². The summed E-state index contributed by atoms with van der Waals surface area (Å²) in [6.45, 7) is 3.01. The number of piperidine rings is 1. The van der Waals surface area contributed by atoms with Gasteiger partial charge in [0.25, 0.3) is 5.91 Å². The first-order valence-corrected chi connectivity index (χ1v) is 5.97. The topological polar surface area (TPSA) is 41.1 Å². The Kier molecular flexibility index (Phi) is 3.74. The van der Waals surface area contributed by atoms with Crippen LogP contribution in [0.5, 0.6) is 0 Å². The van der Waals surface area contributed by atoms with Crippen molar-refractivity contribution in [3.05, 3.63) is 35.6 Å². The largest absolute Gasteiger partial charge is 0.348 e. The second kappa shape index (κ2) is 5.27. The van der Waals surface area contributed by atoms with Gasteiger partial charge in [-0.2, -0.15) is 0 Å². The summed E-state index contributed by atoms with van der Waals surface area (Å²) in [5.41, 5.74) is 0.116. The summed E-state index contributed by atoms with van der Waals surface area (Å²) < 4.78 is 13.4. The molecule has 0 aromatic heterocycles. The van der Waals surface area contributed by atoms with Gasteiger partial charge in [0.15, 0.2) is 0 Å². The second-order valence-corrected chi connectivity index (χ2v) is 4.44. The number of hydrogen-bond donors (Lipinski definition) is 2. The van der Waals surface area contributed by atoms with Crippen molar-refractivity contribution < 1.29 is 9.18 Å². The first-order chi connectivity index (χ1) is 8.18. The molecule has 0 radical (unpaired) electrons. The number of benzene rings is 1. The number of halogens is 1. The summed E-state index contributed by atoms with van der Waals surface area (Å²) in [6, 6.07) is 6.37. The van der Waals surface area contributed by atoms with E-state index in [4.69, 9.17) is 0 Å². The fourth-order valence-electron chi connectivity index (χ4n) is 2.13. The third-order valence-corrected chi connectivity index (χ3v) is 3.20. The summed E-state index contributed by atoms with van der Waals surface area (Å²) in [5.74, 6) is -0.801. The molecule has 1 aromatic rings. The van der Waals surface area contributed by atoms with Gasteiger partial charge < -0.3 is 10.6 Å². The number of nitrogens with one attached hydrogen (secondary N) is 2. The zero-order valence-electron chi connectivity index (χ0n) is 9.87. The zero-order chi connectivity index (χ0) is 12.3. The lowest BCUT2D eigenvalue weighted by atomic mass is 9.99. The van der Waals surface area contributed by atoms with Crippen molar-refractivity contribution in [2.75, 3.05) is 6.54 Å². The van der Waals surface area contributed by atoms with Gasteiger partial charge in [0, 0.05) is 12.1 Å². The number of amides is 1. The van der Waals surface area contributed by atoms with Gasteiger partial charge >= 0.3 is 0 Å². The quantitative estimate of drug-likeness (QED) is 0.820. The van der Waals surface area contributed by atoms with E-state index in [1.165, 1.54) is 12.1 Å². The maximum Gasteiger partial charge on any atom is 0.254 e. The Morgan fingerprint density at radius 2 is 2.24 bits per heavy atom. The minimum Gasteiger partial charge on any atom is -0.348 e. The van der Waals surface area contributed by atoms with Crippen molar-refractivity contribution in [1.82, 2.24) is 10.6 Å². The second-order valence-electron chi connectivity index (χ2n) is 4.44. The Labute approximate surface area is 100 Å². The van der Waals surface area contributed by atoms with Crippen molar-refractivity contribution >= 4 is 5.91 Å². The normalized spacial score (nSPS) is 24.4. The molecule has 1 aromatic carbocycles. The van der Waals surface area contributed by atoms with Crippen molar-refractivity contribution in [2.45, 2.75) is 31.8 Å². The molecule has 92 valence electrons. The average molecular weight is 236 g/mol. The minimum absolute atomic E-state index is 0.0795. The fourth-order valence-corrected chi connectivity index (χ4v) is 2.13. The lowest BCUT2D eigenvalue weighted by molar-refractivity contribution is 0.0916. The molecule has 2 unspecified atom stereocenters. The Morgan fingerprint density at radius 1 is 1.47 bits per heavy atom. The van der Waals surface area contributed by atoms with Crippen LogP contribution in [0.1, 0.15) is 30.1 Å². The fraction of sp³-hybridized carbons (Fsp3) is 0.462. The van der Waals surface area contributed by atoms with E-state index >= 15 is 0 Å². The Hall–Kier alpha value is -1.42. The Bertz CT molecular complexity index is 408. The van der Waals surface area contributed by atoms with Crippen LogP contribution in [-0.4, -0.2) is 24.5 Å². The Morgan fingerprint density at radius 3 is 2.94 bits per heavy atom. The maximum absolute atomic E-state index is 13.4. The van der Waals surface area contributed by atoms with Crippen LogP contribution in [-0.2, 0) is 0 Å². The molecule has 4 heteroatoms. The molecule has 1 saturated heterocycles. The van der Waals surface area contributed by atoms with Crippen molar-refractivity contribution in [3.63, 3.8) is 0 Å². The predicted octanol–water partition coefficient (Wildman–Crippen LogP) is 1.70. The number of rotatable bonds is 2. The standard InChI is InChI=1S/C13H17FN2O/c1-9-12(7-4-8-15-9)16-13(17)10-5-2-3-6-11(10)14/h2-3,5-6,9,12,15H,4,7-8H2,1H3,(H,16,17). The highest BCUT2D eigenvalue weighted by Gasteiger charge is 2.23. The van der Waals surface area contributed by atoms with Crippen molar-refractivity contribution in [1.29, 1.82) is 0 Å². The molecule has 0 aliphatic carbocycles. The van der Waals surface area contributed by atoms with E-state index < -0.39 is 5.82 Å². The molecule has 1 aliphatic rings. The molecule has 1 fully saturated rings. The van der Waals surface area contributed by atoms with Crippen LogP contribution in [0.3, 0.4) is 0 Å². The van der Waals surface area contributed by atoms with Crippen LogP contribution < -0.4 is 10.6 Å². The van der Waals surface area contributed by atoms with Crippen molar-refractivity contribution in [3.8, 4) is 0 Å². The molecule has 3 nitrogen and oxygen atoms in total. The summed E-state index contributed by atoms with van der Waals surface area (Å²) in [5, 5.41) is 6.18. The van der Waals surface area contributed by atoms with Gasteiger partial charge in [0.2, 0.25) is 0 Å². The molecule has 2 rings (SSSR count). The molecular formula is C13H17FN2O. The molecule has 0 bridgehead atoms. The maximum atomic E-state index is 13.4. The van der Waals surface area contributed by atoms with Crippen molar-refractivity contribution in [2.24, 2.45) is 0 Å². The van der Waals surface area contributed by atoms with Gasteiger partial charge in [-0.25, -0.2) is 4.39 Å². The summed E-state index contributed by atoms with van der Waals surface area (Å²) >= 11 is 0. The van der Waals surface area contributed by atoms with E-state index in [9.17, 15) is 9.18 Å². The van der Waals surface area contributed by atoms with Crippen LogP contribution in [0.25, 0.3) is 0 Å². The minimum atomic E-state index is -0.471. The number of carbonyl (C=O) groups excluding carboxylic acids is 1. The highest BCUT2D eigenvalue weighted by Crippen LogP contribution is 2.11. The van der Waals surface area contributed by atoms with E-state index in [1.54, 1.807) is 12.1 Å². The smallest absolute Gasteiger partial charge is 0.254 e. The molecule has 0 saturated carbocycles. The van der Waals surface area contributed by atoms with E-state index in [0.717, 1.165) is 19.4 Å². The Balaban J connectivity index is 2.04. The predicted molar refractivity (Wildman–Crippen MR) is 64.4 cm³/mol. The van der Waals surface area contributed by atoms with Crippen LogP contribution in [0.15, 0.2) is 24.3 Å². The van der Waals surface area contributed by atoms with Gasteiger partial charge in [0.05, 0.1) is 5.56 Å². The SMILES string of the molecule is CC1NCCCC1NC(=O)c1ccccc1F. The lowest BCUT2D eigenvalue weighted by Gasteiger charge is -2.30. The van der Waals surface area contributed by atoms with Gasteiger partial charge in [0.1, 0.15) is 5.82 Å². The van der Waals surface area contributed by atoms with E-state index in [-0.39, 0.29) is 23.6 Å². The summed E-state index contributed by atoms with van der Waals surface area (Å²) in [6.07, 6.45) is 1.97. The zero-order valence-corrected chi connectivity index (χ0v) is 9.87. The summed E-state index contributed by atoms with van der Waals surface area (Å²) in [7, 11) is 0. The third-order valence-electron chi connectivity index (χ3n) is 3.20. The van der Waals surface area contributed by atoms with Crippen LogP contribution in [0.2, 0.25) is 0 Å². The van der Waals surface area contributed by atoms with Crippen LogP contribution in [0, 0.1) is 5.82 Å². The van der Waals surface area contributed by atoms with Gasteiger partial charge in [-0.3, -0.25) is 4.79 Å². The molecule has 1 aliphatic heterocycles. The highest BCUT2D eigenvalue weighted by atomic mass is 19.1. The molecular weight excluding hydrogens is 219 g/mol. The molecule has 17 heavy (non-hydrogen) atoms. The first-order valence-electron chi connectivity index (χ1n) is 5.97. The number of carbonyl (C=O) groups is 1. The first kappa shape index (κ1) is 12.0. The van der Waals surface area contributed by atoms with Gasteiger partial charge in [-0.05, 0) is 38.4 Å². The molecule has 1 amide bonds. The molecule has 2 atom stereocenters. The monoisotopic (exact) mass is 236 g/mol.